The van der Waals surface area contributed by atoms with Gasteiger partial charge < -0.3 is 9.72 Å². The van der Waals surface area contributed by atoms with Gasteiger partial charge in [-0.3, -0.25) is 9.88 Å². The Labute approximate surface area is 171 Å². The number of carbonyl (C=O) groups excluding carboxylic acids is 1. The van der Waals surface area contributed by atoms with E-state index in [2.05, 4.69) is 28.2 Å². The number of H-pyrrole nitrogens is 1. The van der Waals surface area contributed by atoms with E-state index in [-0.39, 0.29) is 18.2 Å². The second kappa shape index (κ2) is 6.90. The third kappa shape index (κ3) is 3.18. The molecule has 1 aromatic carbocycles. The van der Waals surface area contributed by atoms with Crippen LogP contribution in [0.3, 0.4) is 0 Å². The number of ether oxygens (including phenoxy) is 1. The number of hydrogen-bond donors (Lipinski definition) is 1. The Morgan fingerprint density at radius 1 is 1.07 bits per heavy atom. The van der Waals surface area contributed by atoms with E-state index in [0.29, 0.717) is 5.92 Å². The van der Waals surface area contributed by atoms with Crippen LogP contribution < -0.4 is 0 Å². The van der Waals surface area contributed by atoms with Gasteiger partial charge in [-0.15, -0.1) is 0 Å². The number of aromatic nitrogens is 2. The van der Waals surface area contributed by atoms with E-state index in [1.807, 2.05) is 55.4 Å². The summed E-state index contributed by atoms with van der Waals surface area (Å²) in [5.41, 5.74) is 4.01. The number of cyclic esters (lactones) is 1. The average Bonchev–Trinajstić information content (AvgIpc) is 3.29. The minimum absolute atomic E-state index is 0.0466. The number of amides is 1. The van der Waals surface area contributed by atoms with Gasteiger partial charge in [-0.2, -0.15) is 0 Å². The summed E-state index contributed by atoms with van der Waals surface area (Å²) in [6, 6.07) is 14.7. The van der Waals surface area contributed by atoms with Crippen molar-refractivity contribution in [2.75, 3.05) is 0 Å². The first-order chi connectivity index (χ1) is 14.0. The van der Waals surface area contributed by atoms with Crippen molar-refractivity contribution in [3.63, 3.8) is 0 Å². The molecule has 2 fully saturated rings. The van der Waals surface area contributed by atoms with Crippen LogP contribution in [-0.2, 0) is 4.74 Å². The van der Waals surface area contributed by atoms with Crippen LogP contribution in [0.15, 0.2) is 54.9 Å². The summed E-state index contributed by atoms with van der Waals surface area (Å²) in [4.78, 5) is 22.7. The molecular weight excluding hydrogens is 362 g/mol. The number of nitrogens with zero attached hydrogens (tertiary/aromatic N) is 2. The molecule has 5 rings (SSSR count). The maximum absolute atomic E-state index is 12.8. The fourth-order valence-electron chi connectivity index (χ4n) is 5.19. The van der Waals surface area contributed by atoms with Crippen molar-refractivity contribution in [1.29, 1.82) is 0 Å². The molecule has 0 unspecified atom stereocenters. The van der Waals surface area contributed by atoms with Crippen LogP contribution in [0.1, 0.15) is 62.6 Å². The lowest BCUT2D eigenvalue weighted by Crippen LogP contribution is -2.42. The van der Waals surface area contributed by atoms with Gasteiger partial charge in [-0.05, 0) is 68.7 Å². The molecule has 150 valence electrons. The van der Waals surface area contributed by atoms with Crippen molar-refractivity contribution < 1.29 is 9.53 Å². The van der Waals surface area contributed by atoms with Crippen LogP contribution in [-0.4, -0.2) is 32.6 Å². The van der Waals surface area contributed by atoms with Crippen LogP contribution in [0.5, 0.6) is 0 Å². The first-order valence-corrected chi connectivity index (χ1v) is 10.5. The van der Waals surface area contributed by atoms with E-state index in [9.17, 15) is 4.79 Å². The normalized spacial score (nSPS) is 26.6. The van der Waals surface area contributed by atoms with E-state index in [1.165, 1.54) is 5.56 Å². The molecular formula is C24H27N3O2. The lowest BCUT2D eigenvalue weighted by atomic mass is 9.80. The standard InChI is InChI=1S/C24H27N3O2/c1-24(2)22(17-6-4-3-5-7-17)27(23(28)29-24)19-10-8-16(9-11-19)18-14-21-20(26-15-18)12-13-25-21/h3-7,12-16,19,22,25H,8-11H2,1-2H3/t16?,19?,22-/m1/s1. The lowest BCUT2D eigenvalue weighted by molar-refractivity contribution is 0.0664. The summed E-state index contributed by atoms with van der Waals surface area (Å²) in [6.45, 7) is 4.04. The van der Waals surface area contributed by atoms with Crippen LogP contribution in [0, 0.1) is 0 Å². The van der Waals surface area contributed by atoms with Gasteiger partial charge in [0.15, 0.2) is 0 Å². The van der Waals surface area contributed by atoms with E-state index < -0.39 is 5.60 Å². The molecule has 1 aliphatic heterocycles. The molecule has 5 nitrogen and oxygen atoms in total. The number of nitrogens with one attached hydrogen (secondary N) is 1. The molecule has 2 aliphatic rings. The van der Waals surface area contributed by atoms with Crippen molar-refractivity contribution in [2.24, 2.45) is 0 Å². The number of carbonyl (C=O) groups is 1. The van der Waals surface area contributed by atoms with E-state index in [0.717, 1.165) is 42.3 Å². The summed E-state index contributed by atoms with van der Waals surface area (Å²) in [7, 11) is 0. The molecule has 1 saturated heterocycles. The maximum Gasteiger partial charge on any atom is 0.411 e. The third-order valence-electron chi connectivity index (χ3n) is 6.59. The highest BCUT2D eigenvalue weighted by atomic mass is 16.6. The van der Waals surface area contributed by atoms with E-state index in [4.69, 9.17) is 4.74 Å². The first kappa shape index (κ1) is 18.2. The predicted octanol–water partition coefficient (Wildman–Crippen LogP) is 5.56. The zero-order valence-corrected chi connectivity index (χ0v) is 17.0. The van der Waals surface area contributed by atoms with Gasteiger partial charge in [-0.1, -0.05) is 30.3 Å². The molecule has 1 aliphatic carbocycles. The van der Waals surface area contributed by atoms with Gasteiger partial charge in [0.1, 0.15) is 5.60 Å². The highest BCUT2D eigenvalue weighted by Gasteiger charge is 2.51. The molecule has 0 bridgehead atoms. The van der Waals surface area contributed by atoms with Crippen molar-refractivity contribution in [2.45, 2.75) is 63.1 Å². The average molecular weight is 389 g/mol. The molecule has 29 heavy (non-hydrogen) atoms. The molecule has 1 amide bonds. The quantitative estimate of drug-likeness (QED) is 0.638. The largest absolute Gasteiger partial charge is 0.441 e. The second-order valence-corrected chi connectivity index (χ2v) is 8.88. The van der Waals surface area contributed by atoms with Crippen LogP contribution in [0.2, 0.25) is 0 Å². The van der Waals surface area contributed by atoms with Crippen molar-refractivity contribution in [1.82, 2.24) is 14.9 Å². The summed E-state index contributed by atoms with van der Waals surface area (Å²) >= 11 is 0. The van der Waals surface area contributed by atoms with E-state index in [1.54, 1.807) is 0 Å². The SMILES string of the molecule is CC1(C)OC(=O)N(C2CCC(c3cnc4cc[nH]c4c3)CC2)[C@@H]1c1ccccc1. The number of benzene rings is 1. The van der Waals surface area contributed by atoms with Gasteiger partial charge in [-0.25, -0.2) is 4.79 Å². The Hall–Kier alpha value is -2.82. The van der Waals surface area contributed by atoms with Crippen molar-refractivity contribution >= 4 is 17.1 Å². The summed E-state index contributed by atoms with van der Waals surface area (Å²) < 4.78 is 5.81. The Kier molecular flexibility index (Phi) is 4.34. The molecule has 1 atom stereocenters. The molecule has 5 heteroatoms. The molecule has 3 aromatic rings. The number of aromatic amines is 1. The third-order valence-corrected chi connectivity index (χ3v) is 6.59. The number of fused-ring (bicyclic) bond motifs is 1. The molecule has 3 heterocycles. The van der Waals surface area contributed by atoms with Crippen LogP contribution >= 0.6 is 0 Å². The van der Waals surface area contributed by atoms with Gasteiger partial charge in [0.25, 0.3) is 0 Å². The summed E-state index contributed by atoms with van der Waals surface area (Å²) in [5.74, 6) is 0.494. The van der Waals surface area contributed by atoms with Gasteiger partial charge in [0.05, 0.1) is 17.1 Å². The second-order valence-electron chi connectivity index (χ2n) is 8.88. The van der Waals surface area contributed by atoms with Crippen molar-refractivity contribution in [3.05, 3.63) is 66.0 Å². The fraction of sp³-hybridized carbons (Fsp3) is 0.417. The Balaban J connectivity index is 1.35. The monoisotopic (exact) mass is 389 g/mol. The zero-order valence-electron chi connectivity index (χ0n) is 17.0. The van der Waals surface area contributed by atoms with E-state index >= 15 is 0 Å². The van der Waals surface area contributed by atoms with Crippen LogP contribution in [0.4, 0.5) is 4.79 Å². The lowest BCUT2D eigenvalue weighted by Gasteiger charge is -2.38. The summed E-state index contributed by atoms with van der Waals surface area (Å²) in [6.07, 6.45) is 7.87. The number of hydrogen-bond acceptors (Lipinski definition) is 3. The molecule has 2 aromatic heterocycles. The minimum Gasteiger partial charge on any atom is -0.441 e. The highest BCUT2D eigenvalue weighted by Crippen LogP contribution is 2.46. The Morgan fingerprint density at radius 3 is 2.59 bits per heavy atom. The Bertz CT molecular complexity index is 1020. The highest BCUT2D eigenvalue weighted by molar-refractivity contribution is 5.75. The summed E-state index contributed by atoms with van der Waals surface area (Å²) in [5, 5.41) is 0. The smallest absolute Gasteiger partial charge is 0.411 e. The van der Waals surface area contributed by atoms with Gasteiger partial charge in [0.2, 0.25) is 0 Å². The van der Waals surface area contributed by atoms with Gasteiger partial charge in [0, 0.05) is 18.4 Å². The first-order valence-electron chi connectivity index (χ1n) is 10.5. The maximum atomic E-state index is 12.8. The predicted molar refractivity (Wildman–Crippen MR) is 113 cm³/mol. The topological polar surface area (TPSA) is 58.2 Å². The van der Waals surface area contributed by atoms with Crippen LogP contribution in [0.25, 0.3) is 11.0 Å². The number of pyridine rings is 1. The van der Waals surface area contributed by atoms with Gasteiger partial charge >= 0.3 is 6.09 Å². The molecule has 0 spiro atoms. The number of rotatable bonds is 3. The molecule has 1 saturated carbocycles. The van der Waals surface area contributed by atoms with Crippen molar-refractivity contribution in [3.8, 4) is 0 Å². The minimum atomic E-state index is -0.530. The molecule has 0 radical (unpaired) electrons. The Morgan fingerprint density at radius 2 is 1.83 bits per heavy atom. The fourth-order valence-corrected chi connectivity index (χ4v) is 5.19. The molecule has 1 N–H and O–H groups in total. The zero-order chi connectivity index (χ0) is 20.0.